The summed E-state index contributed by atoms with van der Waals surface area (Å²) in [7, 11) is 1.93. The molecule has 0 saturated heterocycles. The molecule has 5 nitrogen and oxygen atoms in total. The lowest BCUT2D eigenvalue weighted by Crippen LogP contribution is -3.08. The first-order valence-electron chi connectivity index (χ1n) is 7.36. The second-order valence-electron chi connectivity index (χ2n) is 5.71. The van der Waals surface area contributed by atoms with Crippen molar-refractivity contribution in [2.75, 3.05) is 18.9 Å². The number of thiophene rings is 1. The number of hydrogen-bond acceptors (Lipinski definition) is 4. The van der Waals surface area contributed by atoms with E-state index >= 15 is 0 Å². The topological polar surface area (TPSA) is 52.0 Å². The van der Waals surface area contributed by atoms with Gasteiger partial charge in [-0.05, 0) is 36.1 Å². The number of fused-ring (bicyclic) bond motifs is 1. The van der Waals surface area contributed by atoms with E-state index in [1.807, 2.05) is 19.4 Å². The van der Waals surface area contributed by atoms with Crippen LogP contribution in [0.4, 0.5) is 14.5 Å². The number of aryl methyl sites for hydroxylation is 1. The van der Waals surface area contributed by atoms with Crippen LogP contribution in [0, 0.1) is 6.92 Å². The van der Waals surface area contributed by atoms with Crippen molar-refractivity contribution in [3.05, 3.63) is 40.1 Å². The van der Waals surface area contributed by atoms with Gasteiger partial charge < -0.3 is 19.7 Å². The Bertz CT molecular complexity index is 764. The second-order valence-corrected chi connectivity index (χ2v) is 6.72. The predicted octanol–water partition coefficient (Wildman–Crippen LogP) is 2.03. The van der Waals surface area contributed by atoms with Crippen LogP contribution in [0.1, 0.15) is 10.4 Å². The molecular formula is C16H17F2N2O3S+. The van der Waals surface area contributed by atoms with Crippen LogP contribution in [-0.2, 0) is 11.3 Å². The highest BCUT2D eigenvalue weighted by Gasteiger charge is 2.43. The molecule has 3 rings (SSSR count). The van der Waals surface area contributed by atoms with Gasteiger partial charge in [-0.1, -0.05) is 0 Å². The number of rotatable bonds is 5. The molecule has 8 heteroatoms. The van der Waals surface area contributed by atoms with Crippen LogP contribution in [0.15, 0.2) is 29.6 Å². The molecule has 2 heterocycles. The molecule has 128 valence electrons. The van der Waals surface area contributed by atoms with E-state index in [0.29, 0.717) is 5.69 Å². The van der Waals surface area contributed by atoms with Gasteiger partial charge in [-0.2, -0.15) is 0 Å². The second kappa shape index (κ2) is 6.37. The van der Waals surface area contributed by atoms with Crippen molar-refractivity contribution < 1.29 is 27.9 Å². The summed E-state index contributed by atoms with van der Waals surface area (Å²) in [5.74, 6) is -0.339. The van der Waals surface area contributed by atoms with Crippen molar-refractivity contribution in [2.24, 2.45) is 0 Å². The average molecular weight is 355 g/mol. The molecule has 0 saturated carbocycles. The number of alkyl halides is 2. The molecule has 1 aliphatic rings. The molecule has 24 heavy (non-hydrogen) atoms. The summed E-state index contributed by atoms with van der Waals surface area (Å²) in [6.45, 7) is 3.06. The Balaban J connectivity index is 1.57. The number of ether oxygens (including phenoxy) is 2. The standard InChI is InChI=1S/C16H16F2N2O3S/c1-10-5-6-24-14(10)8-20(2)9-15(21)19-11-3-4-12-13(7-11)23-16(17,18)22-12/h3-7H,8-9H2,1-2H3,(H,19,21)/p+1. The van der Waals surface area contributed by atoms with E-state index in [-0.39, 0.29) is 24.0 Å². The highest BCUT2D eigenvalue weighted by molar-refractivity contribution is 7.10. The minimum absolute atomic E-state index is 0.0473. The van der Waals surface area contributed by atoms with Crippen LogP contribution in [0.2, 0.25) is 0 Å². The first kappa shape index (κ1) is 16.7. The summed E-state index contributed by atoms with van der Waals surface area (Å²) in [5.41, 5.74) is 1.61. The van der Waals surface area contributed by atoms with Crippen LogP contribution in [0.5, 0.6) is 11.5 Å². The zero-order valence-electron chi connectivity index (χ0n) is 13.2. The average Bonchev–Trinajstić information content (AvgIpc) is 2.99. The number of amides is 1. The molecule has 1 unspecified atom stereocenters. The lowest BCUT2D eigenvalue weighted by molar-refractivity contribution is -0.884. The van der Waals surface area contributed by atoms with Crippen molar-refractivity contribution in [3.63, 3.8) is 0 Å². The number of halogens is 2. The molecule has 1 aromatic heterocycles. The van der Waals surface area contributed by atoms with Gasteiger partial charge in [0.25, 0.3) is 5.91 Å². The molecule has 1 atom stereocenters. The van der Waals surface area contributed by atoms with E-state index in [9.17, 15) is 13.6 Å². The molecule has 0 radical (unpaired) electrons. The Hall–Kier alpha value is -2.19. The Kier molecular flexibility index (Phi) is 4.42. The first-order valence-corrected chi connectivity index (χ1v) is 8.24. The summed E-state index contributed by atoms with van der Waals surface area (Å²) >= 11 is 1.67. The van der Waals surface area contributed by atoms with Crippen molar-refractivity contribution in [1.29, 1.82) is 0 Å². The van der Waals surface area contributed by atoms with Crippen LogP contribution >= 0.6 is 11.3 Å². The summed E-state index contributed by atoms with van der Waals surface area (Å²) in [5, 5.41) is 4.72. The minimum atomic E-state index is -3.66. The molecule has 0 aliphatic carbocycles. The molecular weight excluding hydrogens is 338 g/mol. The number of carbonyl (C=O) groups is 1. The zero-order chi connectivity index (χ0) is 17.3. The number of carbonyl (C=O) groups excluding carboxylic acids is 1. The quantitative estimate of drug-likeness (QED) is 0.863. The molecule has 1 aliphatic heterocycles. The minimum Gasteiger partial charge on any atom is -0.395 e. The lowest BCUT2D eigenvalue weighted by Gasteiger charge is -2.13. The van der Waals surface area contributed by atoms with Gasteiger partial charge in [-0.25, -0.2) is 0 Å². The van der Waals surface area contributed by atoms with Crippen molar-refractivity contribution in [2.45, 2.75) is 19.8 Å². The number of quaternary nitrogens is 1. The Morgan fingerprint density at radius 2 is 2.04 bits per heavy atom. The van der Waals surface area contributed by atoms with Crippen molar-refractivity contribution >= 4 is 22.9 Å². The summed E-state index contributed by atoms with van der Waals surface area (Å²) in [4.78, 5) is 14.4. The SMILES string of the molecule is Cc1ccsc1C[NH+](C)CC(=O)Nc1ccc2c(c1)OC(F)(F)O2. The molecule has 1 aromatic carbocycles. The molecule has 2 aromatic rings. The van der Waals surface area contributed by atoms with Crippen molar-refractivity contribution in [3.8, 4) is 11.5 Å². The highest BCUT2D eigenvalue weighted by atomic mass is 32.1. The number of hydrogen-bond donors (Lipinski definition) is 2. The number of likely N-dealkylation sites (N-methyl/N-ethyl adjacent to an activating group) is 1. The van der Waals surface area contributed by atoms with E-state index in [4.69, 9.17) is 0 Å². The van der Waals surface area contributed by atoms with E-state index in [2.05, 4.69) is 20.9 Å². The van der Waals surface area contributed by atoms with Crippen LogP contribution < -0.4 is 19.7 Å². The fraction of sp³-hybridized carbons (Fsp3) is 0.312. The van der Waals surface area contributed by atoms with Crippen LogP contribution in [0.3, 0.4) is 0 Å². The molecule has 0 fully saturated rings. The van der Waals surface area contributed by atoms with Gasteiger partial charge in [-0.3, -0.25) is 4.79 Å². The van der Waals surface area contributed by atoms with Crippen LogP contribution in [0.25, 0.3) is 0 Å². The van der Waals surface area contributed by atoms with Gasteiger partial charge in [0.2, 0.25) is 0 Å². The van der Waals surface area contributed by atoms with E-state index < -0.39 is 6.29 Å². The number of benzene rings is 1. The maximum Gasteiger partial charge on any atom is 0.586 e. The van der Waals surface area contributed by atoms with Gasteiger partial charge in [-0.15, -0.1) is 20.1 Å². The van der Waals surface area contributed by atoms with Gasteiger partial charge in [0.1, 0.15) is 6.54 Å². The van der Waals surface area contributed by atoms with Crippen molar-refractivity contribution in [1.82, 2.24) is 0 Å². The normalized spacial score (nSPS) is 16.0. The fourth-order valence-corrected chi connectivity index (χ4v) is 3.45. The molecule has 0 spiro atoms. The number of nitrogens with one attached hydrogen (secondary N) is 2. The van der Waals surface area contributed by atoms with Crippen LogP contribution in [-0.4, -0.2) is 25.8 Å². The summed E-state index contributed by atoms with van der Waals surface area (Å²) in [6.07, 6.45) is -3.66. The first-order chi connectivity index (χ1) is 11.3. The van der Waals surface area contributed by atoms with E-state index in [1.54, 1.807) is 11.3 Å². The Morgan fingerprint density at radius 3 is 2.75 bits per heavy atom. The van der Waals surface area contributed by atoms with E-state index in [0.717, 1.165) is 11.4 Å². The smallest absolute Gasteiger partial charge is 0.395 e. The highest BCUT2D eigenvalue weighted by Crippen LogP contribution is 2.42. The third-order valence-electron chi connectivity index (χ3n) is 3.58. The largest absolute Gasteiger partial charge is 0.586 e. The lowest BCUT2D eigenvalue weighted by atomic mass is 10.2. The van der Waals surface area contributed by atoms with Gasteiger partial charge >= 0.3 is 6.29 Å². The van der Waals surface area contributed by atoms with Gasteiger partial charge in [0.15, 0.2) is 18.0 Å². The maximum absolute atomic E-state index is 13.0. The Labute approximate surface area is 141 Å². The third kappa shape index (κ3) is 3.82. The Morgan fingerprint density at radius 1 is 1.29 bits per heavy atom. The maximum atomic E-state index is 13.0. The molecule has 0 bridgehead atoms. The van der Waals surface area contributed by atoms with Gasteiger partial charge in [0, 0.05) is 11.8 Å². The van der Waals surface area contributed by atoms with E-state index in [1.165, 1.54) is 28.6 Å². The van der Waals surface area contributed by atoms with Gasteiger partial charge in [0.05, 0.1) is 11.9 Å². The predicted molar refractivity (Wildman–Crippen MR) is 85.8 cm³/mol. The fourth-order valence-electron chi connectivity index (χ4n) is 2.43. The summed E-state index contributed by atoms with van der Waals surface area (Å²) in [6, 6.07) is 6.22. The number of anilines is 1. The summed E-state index contributed by atoms with van der Waals surface area (Å²) < 4.78 is 34.7. The molecule has 1 amide bonds. The zero-order valence-corrected chi connectivity index (χ0v) is 14.0. The molecule has 2 N–H and O–H groups in total. The third-order valence-corrected chi connectivity index (χ3v) is 4.60. The monoisotopic (exact) mass is 355 g/mol.